The van der Waals surface area contributed by atoms with Crippen molar-refractivity contribution in [1.82, 2.24) is 9.80 Å². The van der Waals surface area contributed by atoms with Gasteiger partial charge in [-0.15, -0.1) is 0 Å². The van der Waals surface area contributed by atoms with Crippen molar-refractivity contribution in [3.8, 4) is 5.75 Å². The van der Waals surface area contributed by atoms with Gasteiger partial charge < -0.3 is 10.0 Å². The van der Waals surface area contributed by atoms with Gasteiger partial charge in [0.2, 0.25) is 5.91 Å². The number of benzene rings is 2. The number of hydrogen-bond donors (Lipinski definition) is 1. The van der Waals surface area contributed by atoms with Crippen LogP contribution in [-0.4, -0.2) is 51.6 Å². The van der Waals surface area contributed by atoms with Gasteiger partial charge in [-0.1, -0.05) is 6.07 Å². The topological polar surface area (TPSA) is 103 Å². The molecule has 0 radical (unpaired) electrons. The summed E-state index contributed by atoms with van der Waals surface area (Å²) in [7, 11) is 0. The maximum Gasteiger partial charge on any atom is 0.294 e. The Kier molecular flexibility index (Phi) is 6.60. The normalized spacial score (nSPS) is 17.7. The highest BCUT2D eigenvalue weighted by molar-refractivity contribution is 8.18. The van der Waals surface area contributed by atoms with E-state index in [1.807, 2.05) is 32.0 Å². The Bertz CT molecular complexity index is 1180. The maximum atomic E-state index is 12.8. The predicted molar refractivity (Wildman–Crippen MR) is 127 cm³/mol. The van der Waals surface area contributed by atoms with Crippen molar-refractivity contribution in [2.24, 2.45) is 10.2 Å². The van der Waals surface area contributed by atoms with Gasteiger partial charge in [-0.2, -0.15) is 10.2 Å². The number of aryl methyl sites for hydroxylation is 2. The van der Waals surface area contributed by atoms with Gasteiger partial charge in [0, 0.05) is 18.7 Å². The number of phenols is 1. The molecule has 0 aromatic heterocycles. The molecule has 2 aliphatic rings. The Morgan fingerprint density at radius 2 is 1.70 bits per heavy atom. The summed E-state index contributed by atoms with van der Waals surface area (Å²) in [5.74, 6) is -0.827. The number of amides is 3. The first-order chi connectivity index (χ1) is 15.8. The van der Waals surface area contributed by atoms with E-state index in [4.69, 9.17) is 0 Å². The largest absolute Gasteiger partial charge is 0.507 e. The van der Waals surface area contributed by atoms with Crippen molar-refractivity contribution < 1.29 is 19.5 Å². The lowest BCUT2D eigenvalue weighted by atomic mass is 10.1. The Morgan fingerprint density at radius 3 is 2.39 bits per heavy atom. The zero-order chi connectivity index (χ0) is 23.5. The molecule has 4 rings (SSSR count). The molecule has 1 N–H and O–H groups in total. The van der Waals surface area contributed by atoms with Crippen molar-refractivity contribution >= 4 is 46.3 Å². The van der Waals surface area contributed by atoms with Crippen LogP contribution in [0.4, 0.5) is 16.2 Å². The van der Waals surface area contributed by atoms with Crippen molar-refractivity contribution in [2.45, 2.75) is 26.7 Å². The molecule has 3 amide bonds. The van der Waals surface area contributed by atoms with Crippen LogP contribution in [0.2, 0.25) is 0 Å². The van der Waals surface area contributed by atoms with Gasteiger partial charge in [0.05, 0.1) is 16.3 Å². The number of nitrogens with zero attached hydrogens (tertiary/aromatic N) is 4. The average Bonchev–Trinajstić information content (AvgIpc) is 3.41. The zero-order valence-corrected chi connectivity index (χ0v) is 19.3. The number of carbonyl (C=O) groups is 3. The van der Waals surface area contributed by atoms with Crippen molar-refractivity contribution in [3.05, 3.63) is 58.0 Å². The molecule has 0 aliphatic carbocycles. The van der Waals surface area contributed by atoms with Crippen LogP contribution in [0.5, 0.6) is 5.75 Å². The molecule has 9 heteroatoms. The molecule has 8 nitrogen and oxygen atoms in total. The number of rotatable bonds is 5. The highest BCUT2D eigenvalue weighted by atomic mass is 32.2. The van der Waals surface area contributed by atoms with Gasteiger partial charge in [-0.05, 0) is 86.0 Å². The van der Waals surface area contributed by atoms with Crippen LogP contribution in [0.25, 0.3) is 6.08 Å². The van der Waals surface area contributed by atoms with Gasteiger partial charge in [0.1, 0.15) is 12.3 Å². The summed E-state index contributed by atoms with van der Waals surface area (Å²) in [4.78, 5) is 40.3. The Labute approximate surface area is 196 Å². The molecule has 2 aliphatic heterocycles. The van der Waals surface area contributed by atoms with E-state index in [9.17, 15) is 19.5 Å². The predicted octanol–water partition coefficient (Wildman–Crippen LogP) is 5.08. The standard InChI is InChI=1S/C24H24N4O4S/c1-15-5-6-18(11-16(15)2)25-26-19-7-8-20(29)17(12-19)13-21-23(31)28(24(32)33-21)14-22(30)27-9-3-4-10-27/h5-8,11-13,29H,3-4,9-10,14H2,1-2H3/b21-13-,26-25?. The fourth-order valence-corrected chi connectivity index (χ4v) is 4.43. The molecular formula is C24H24N4O4S. The number of hydrogen-bond acceptors (Lipinski definition) is 7. The molecule has 0 spiro atoms. The number of aromatic hydroxyl groups is 1. The molecule has 2 fully saturated rings. The third-order valence-corrected chi connectivity index (χ3v) is 6.60. The molecule has 0 saturated carbocycles. The fraction of sp³-hybridized carbons (Fsp3) is 0.292. The maximum absolute atomic E-state index is 12.8. The van der Waals surface area contributed by atoms with E-state index in [1.54, 1.807) is 17.0 Å². The van der Waals surface area contributed by atoms with Crippen molar-refractivity contribution in [2.75, 3.05) is 19.6 Å². The van der Waals surface area contributed by atoms with Gasteiger partial charge in [0.15, 0.2) is 0 Å². The van der Waals surface area contributed by atoms with E-state index in [0.29, 0.717) is 30.0 Å². The second-order valence-electron chi connectivity index (χ2n) is 8.07. The summed E-state index contributed by atoms with van der Waals surface area (Å²) < 4.78 is 0. The minimum atomic E-state index is -0.542. The minimum Gasteiger partial charge on any atom is -0.507 e. The lowest BCUT2D eigenvalue weighted by Gasteiger charge is -2.18. The van der Waals surface area contributed by atoms with Gasteiger partial charge in [-0.3, -0.25) is 19.3 Å². The summed E-state index contributed by atoms with van der Waals surface area (Å²) in [6, 6.07) is 10.4. The second-order valence-corrected chi connectivity index (χ2v) is 9.06. The molecule has 2 saturated heterocycles. The SMILES string of the molecule is Cc1ccc(N=Nc2ccc(O)c(/C=C3\SC(=O)N(CC(=O)N4CCCC4)C3=O)c2)cc1C. The van der Waals surface area contributed by atoms with Gasteiger partial charge in [-0.25, -0.2) is 0 Å². The van der Waals surface area contributed by atoms with E-state index in [0.717, 1.165) is 40.6 Å². The Hall–Kier alpha value is -3.46. The summed E-state index contributed by atoms with van der Waals surface area (Å²) >= 11 is 0.752. The molecule has 33 heavy (non-hydrogen) atoms. The number of carbonyl (C=O) groups excluding carboxylic acids is 3. The first-order valence-electron chi connectivity index (χ1n) is 10.7. The first kappa shape index (κ1) is 22.7. The second kappa shape index (κ2) is 9.58. The molecule has 2 aromatic rings. The molecule has 2 heterocycles. The van der Waals surface area contributed by atoms with Crippen LogP contribution in [0.1, 0.15) is 29.5 Å². The molecule has 0 bridgehead atoms. The van der Waals surface area contributed by atoms with Crippen LogP contribution in [-0.2, 0) is 9.59 Å². The van der Waals surface area contributed by atoms with Crippen LogP contribution in [0.3, 0.4) is 0 Å². The third kappa shape index (κ3) is 5.14. The van der Waals surface area contributed by atoms with Crippen molar-refractivity contribution in [1.29, 1.82) is 0 Å². The van der Waals surface area contributed by atoms with E-state index in [2.05, 4.69) is 10.2 Å². The van der Waals surface area contributed by atoms with Gasteiger partial charge >= 0.3 is 0 Å². The third-order valence-electron chi connectivity index (χ3n) is 5.69. The minimum absolute atomic E-state index is 0.0555. The van der Waals surface area contributed by atoms with Crippen LogP contribution >= 0.6 is 11.8 Å². The molecule has 170 valence electrons. The number of likely N-dealkylation sites (tertiary alicyclic amines) is 1. The molecule has 0 atom stereocenters. The molecular weight excluding hydrogens is 440 g/mol. The van der Waals surface area contributed by atoms with Crippen LogP contribution in [0.15, 0.2) is 51.5 Å². The lowest BCUT2D eigenvalue weighted by Crippen LogP contribution is -2.40. The van der Waals surface area contributed by atoms with E-state index >= 15 is 0 Å². The summed E-state index contributed by atoms with van der Waals surface area (Å²) in [5, 5.41) is 18.2. The van der Waals surface area contributed by atoms with Gasteiger partial charge in [0.25, 0.3) is 11.1 Å². The highest BCUT2D eigenvalue weighted by Gasteiger charge is 2.37. The van der Waals surface area contributed by atoms with E-state index in [1.165, 1.54) is 12.1 Å². The highest BCUT2D eigenvalue weighted by Crippen LogP contribution is 2.35. The van der Waals surface area contributed by atoms with Crippen LogP contribution in [0, 0.1) is 13.8 Å². The van der Waals surface area contributed by atoms with Crippen LogP contribution < -0.4 is 0 Å². The zero-order valence-electron chi connectivity index (χ0n) is 18.4. The first-order valence-corrected chi connectivity index (χ1v) is 11.5. The number of imide groups is 1. The number of azo groups is 1. The smallest absolute Gasteiger partial charge is 0.294 e. The quantitative estimate of drug-likeness (QED) is 0.491. The Balaban J connectivity index is 1.51. The van der Waals surface area contributed by atoms with Crippen molar-refractivity contribution in [3.63, 3.8) is 0 Å². The fourth-order valence-electron chi connectivity index (χ4n) is 3.60. The monoisotopic (exact) mass is 464 g/mol. The molecule has 0 unspecified atom stereocenters. The average molecular weight is 465 g/mol. The molecule has 2 aromatic carbocycles. The summed E-state index contributed by atoms with van der Waals surface area (Å²) in [5.41, 5.74) is 3.80. The van der Waals surface area contributed by atoms with E-state index < -0.39 is 11.1 Å². The summed E-state index contributed by atoms with van der Waals surface area (Å²) in [6.07, 6.45) is 3.31. The van der Waals surface area contributed by atoms with E-state index in [-0.39, 0.29) is 23.1 Å². The Morgan fingerprint density at radius 1 is 1.03 bits per heavy atom. The lowest BCUT2D eigenvalue weighted by molar-refractivity contribution is -0.135. The number of phenolic OH excluding ortho intramolecular Hbond substituents is 1. The number of thioether (sulfide) groups is 1. The summed E-state index contributed by atoms with van der Waals surface area (Å²) in [6.45, 7) is 5.06.